The summed E-state index contributed by atoms with van der Waals surface area (Å²) in [6, 6.07) is 8.33. The first-order valence-corrected chi connectivity index (χ1v) is 7.74. The zero-order valence-electron chi connectivity index (χ0n) is 13.0. The van der Waals surface area contributed by atoms with Crippen molar-refractivity contribution in [2.24, 2.45) is 0 Å². The van der Waals surface area contributed by atoms with Crippen LogP contribution in [0.2, 0.25) is 0 Å². The minimum atomic E-state index is -0.436. The van der Waals surface area contributed by atoms with Crippen LogP contribution in [-0.2, 0) is 4.74 Å². The van der Waals surface area contributed by atoms with Gasteiger partial charge in [-0.2, -0.15) is 14.8 Å². The van der Waals surface area contributed by atoms with E-state index in [-0.39, 0.29) is 6.10 Å². The highest BCUT2D eigenvalue weighted by molar-refractivity contribution is 5.90. The second kappa shape index (κ2) is 5.59. The number of nitrogens with zero attached hydrogens (tertiary/aromatic N) is 4. The third kappa shape index (κ3) is 2.29. The largest absolute Gasteiger partial charge is 0.444 e. The van der Waals surface area contributed by atoms with E-state index in [0.717, 1.165) is 11.9 Å². The Kier molecular flexibility index (Phi) is 3.41. The van der Waals surface area contributed by atoms with Crippen LogP contribution in [0.3, 0.4) is 0 Å². The molecule has 1 aliphatic heterocycles. The third-order valence-corrected chi connectivity index (χ3v) is 4.19. The Morgan fingerprint density at radius 1 is 1.29 bits per heavy atom. The molecule has 6 nitrogen and oxygen atoms in total. The Balaban J connectivity index is 1.71. The van der Waals surface area contributed by atoms with E-state index in [1.165, 1.54) is 15.6 Å². The Morgan fingerprint density at radius 2 is 2.17 bits per heavy atom. The highest BCUT2D eigenvalue weighted by Gasteiger charge is 2.31. The zero-order chi connectivity index (χ0) is 16.7. The number of cyclic esters (lactones) is 1. The molecule has 2 aromatic heterocycles. The first-order valence-electron chi connectivity index (χ1n) is 7.74. The third-order valence-electron chi connectivity index (χ3n) is 4.19. The van der Waals surface area contributed by atoms with Crippen molar-refractivity contribution in [1.82, 2.24) is 14.8 Å². The van der Waals surface area contributed by atoms with Crippen LogP contribution in [0.4, 0.5) is 14.9 Å². The minimum absolute atomic E-state index is 0.147. The topological polar surface area (TPSA) is 59.7 Å². The Labute approximate surface area is 137 Å². The summed E-state index contributed by atoms with van der Waals surface area (Å²) in [4.78, 5) is 13.4. The summed E-state index contributed by atoms with van der Waals surface area (Å²) in [6.45, 7) is 2.39. The molecule has 0 unspecified atom stereocenters. The maximum Gasteiger partial charge on any atom is 0.414 e. The van der Waals surface area contributed by atoms with E-state index < -0.39 is 11.9 Å². The van der Waals surface area contributed by atoms with Crippen LogP contribution in [0.25, 0.3) is 16.6 Å². The molecule has 1 fully saturated rings. The lowest BCUT2D eigenvalue weighted by molar-refractivity contribution is 0.139. The molecule has 1 amide bonds. The second-order valence-electron chi connectivity index (χ2n) is 5.65. The molecule has 0 N–H and O–H groups in total. The first kappa shape index (κ1) is 14.6. The molecule has 0 saturated carbocycles. The predicted molar refractivity (Wildman–Crippen MR) is 86.3 cm³/mol. The summed E-state index contributed by atoms with van der Waals surface area (Å²) < 4.78 is 21.3. The summed E-state index contributed by atoms with van der Waals surface area (Å²) in [5.74, 6) is -0.418. The molecule has 0 aliphatic carbocycles. The fourth-order valence-electron chi connectivity index (χ4n) is 2.88. The van der Waals surface area contributed by atoms with Gasteiger partial charge < -0.3 is 4.74 Å². The summed E-state index contributed by atoms with van der Waals surface area (Å²) >= 11 is 0. The molecular formula is C17H15FN4O2. The van der Waals surface area contributed by atoms with Crippen molar-refractivity contribution in [1.29, 1.82) is 0 Å². The van der Waals surface area contributed by atoms with E-state index in [4.69, 9.17) is 4.74 Å². The van der Waals surface area contributed by atoms with Gasteiger partial charge in [-0.05, 0) is 36.8 Å². The number of carbonyl (C=O) groups is 1. The molecular weight excluding hydrogens is 311 g/mol. The number of anilines is 1. The Bertz CT molecular complexity index is 924. The van der Waals surface area contributed by atoms with Crippen molar-refractivity contribution in [2.45, 2.75) is 19.4 Å². The highest BCUT2D eigenvalue weighted by atomic mass is 19.1. The molecule has 0 spiro atoms. The Morgan fingerprint density at radius 3 is 2.92 bits per heavy atom. The second-order valence-corrected chi connectivity index (χ2v) is 5.65. The maximum absolute atomic E-state index is 14.7. The zero-order valence-corrected chi connectivity index (χ0v) is 13.0. The molecule has 122 valence electrons. The van der Waals surface area contributed by atoms with Gasteiger partial charge in [0.1, 0.15) is 11.9 Å². The van der Waals surface area contributed by atoms with Crippen molar-refractivity contribution in [3.05, 3.63) is 48.5 Å². The van der Waals surface area contributed by atoms with Crippen LogP contribution in [0.5, 0.6) is 0 Å². The maximum atomic E-state index is 14.7. The van der Waals surface area contributed by atoms with E-state index in [2.05, 4.69) is 10.2 Å². The van der Waals surface area contributed by atoms with Crippen LogP contribution >= 0.6 is 0 Å². The molecule has 0 bridgehead atoms. The molecule has 1 aromatic carbocycles. The van der Waals surface area contributed by atoms with Crippen molar-refractivity contribution >= 4 is 17.3 Å². The lowest BCUT2D eigenvalue weighted by atomic mass is 10.1. The highest BCUT2D eigenvalue weighted by Crippen LogP contribution is 2.31. The SMILES string of the molecule is CC[C@H]1CN(c2ccc(-c3cnn4ncccc34)c(F)c2)C(=O)O1. The number of hydrogen-bond donors (Lipinski definition) is 0. The van der Waals surface area contributed by atoms with Crippen LogP contribution < -0.4 is 4.90 Å². The van der Waals surface area contributed by atoms with Crippen LogP contribution in [0, 0.1) is 5.82 Å². The number of aromatic nitrogens is 3. The molecule has 0 radical (unpaired) electrons. The quantitative estimate of drug-likeness (QED) is 0.741. The molecule has 3 heterocycles. The normalized spacial score (nSPS) is 17.5. The lowest BCUT2D eigenvalue weighted by Gasteiger charge is -2.14. The number of fused-ring (bicyclic) bond motifs is 1. The van der Waals surface area contributed by atoms with Crippen LogP contribution in [0.15, 0.2) is 42.7 Å². The monoisotopic (exact) mass is 326 g/mol. The average molecular weight is 326 g/mol. The van der Waals surface area contributed by atoms with Crippen molar-refractivity contribution < 1.29 is 13.9 Å². The van der Waals surface area contributed by atoms with Gasteiger partial charge >= 0.3 is 6.09 Å². The van der Waals surface area contributed by atoms with E-state index in [9.17, 15) is 9.18 Å². The molecule has 24 heavy (non-hydrogen) atoms. The molecule has 3 aromatic rings. The number of halogens is 1. The summed E-state index contributed by atoms with van der Waals surface area (Å²) in [7, 11) is 0. The summed E-state index contributed by atoms with van der Waals surface area (Å²) in [5, 5.41) is 8.20. The van der Waals surface area contributed by atoms with Crippen molar-refractivity contribution in [2.75, 3.05) is 11.4 Å². The van der Waals surface area contributed by atoms with E-state index in [1.54, 1.807) is 30.6 Å². The number of carbonyl (C=O) groups excluding carboxylic acids is 1. The minimum Gasteiger partial charge on any atom is -0.444 e. The number of hydrogen-bond acceptors (Lipinski definition) is 4. The van der Waals surface area contributed by atoms with E-state index in [0.29, 0.717) is 23.4 Å². The Hall–Kier alpha value is -2.96. The molecule has 7 heteroatoms. The van der Waals surface area contributed by atoms with Crippen molar-refractivity contribution in [3.63, 3.8) is 0 Å². The average Bonchev–Trinajstić information content (AvgIpc) is 3.18. The molecule has 1 atom stereocenters. The fraction of sp³-hybridized carbons (Fsp3) is 0.235. The predicted octanol–water partition coefficient (Wildman–Crippen LogP) is 3.27. The first-order chi connectivity index (χ1) is 11.7. The molecule has 1 aliphatic rings. The van der Waals surface area contributed by atoms with Gasteiger partial charge in [0.2, 0.25) is 0 Å². The standard InChI is InChI=1S/C17H15FN4O2/c1-2-12-10-21(17(23)24-12)11-5-6-13(15(18)8-11)14-9-20-22-16(14)4-3-7-19-22/h3-9,12H,2,10H2,1H3/t12-/m0/s1. The number of ether oxygens (including phenoxy) is 1. The summed E-state index contributed by atoms with van der Waals surface area (Å²) in [5.41, 5.74) is 2.28. The van der Waals surface area contributed by atoms with E-state index in [1.807, 2.05) is 13.0 Å². The van der Waals surface area contributed by atoms with Gasteiger partial charge in [0.15, 0.2) is 0 Å². The number of benzene rings is 1. The number of amides is 1. The molecule has 1 saturated heterocycles. The summed E-state index contributed by atoms with van der Waals surface area (Å²) in [6.07, 6.45) is 3.35. The van der Waals surface area contributed by atoms with Crippen molar-refractivity contribution in [3.8, 4) is 11.1 Å². The van der Waals surface area contributed by atoms with Crippen LogP contribution in [0.1, 0.15) is 13.3 Å². The molecule has 4 rings (SSSR count). The van der Waals surface area contributed by atoms with Gasteiger partial charge in [-0.3, -0.25) is 4.90 Å². The van der Waals surface area contributed by atoms with Gasteiger partial charge in [0.25, 0.3) is 0 Å². The number of rotatable bonds is 3. The van der Waals surface area contributed by atoms with Gasteiger partial charge in [-0.25, -0.2) is 9.18 Å². The van der Waals surface area contributed by atoms with E-state index >= 15 is 0 Å². The van der Waals surface area contributed by atoms with Gasteiger partial charge in [0.05, 0.1) is 23.9 Å². The van der Waals surface area contributed by atoms with Gasteiger partial charge in [-0.15, -0.1) is 0 Å². The lowest BCUT2D eigenvalue weighted by Crippen LogP contribution is -2.24. The fourth-order valence-corrected chi connectivity index (χ4v) is 2.88. The van der Waals surface area contributed by atoms with Gasteiger partial charge in [-0.1, -0.05) is 6.92 Å². The van der Waals surface area contributed by atoms with Gasteiger partial charge in [0, 0.05) is 17.3 Å². The van der Waals surface area contributed by atoms with Crippen LogP contribution in [-0.4, -0.2) is 33.6 Å². The smallest absolute Gasteiger partial charge is 0.414 e.